The highest BCUT2D eigenvalue weighted by atomic mass is 16.5. The molecule has 1 atom stereocenters. The van der Waals surface area contributed by atoms with Crippen molar-refractivity contribution in [3.05, 3.63) is 30.1 Å². The predicted octanol–water partition coefficient (Wildman–Crippen LogP) is 1.64. The van der Waals surface area contributed by atoms with Gasteiger partial charge in [0.15, 0.2) is 0 Å². The van der Waals surface area contributed by atoms with Gasteiger partial charge in [-0.3, -0.25) is 9.78 Å². The molecule has 1 unspecified atom stereocenters. The number of aromatic nitrogens is 1. The Labute approximate surface area is 88.5 Å². The van der Waals surface area contributed by atoms with Crippen molar-refractivity contribution in [1.82, 2.24) is 4.98 Å². The quantitative estimate of drug-likeness (QED) is 0.699. The molecule has 0 saturated carbocycles. The van der Waals surface area contributed by atoms with Crippen molar-refractivity contribution in [3.63, 3.8) is 0 Å². The van der Waals surface area contributed by atoms with E-state index in [-0.39, 0.29) is 12.4 Å². The summed E-state index contributed by atoms with van der Waals surface area (Å²) in [5.74, 6) is -0.828. The van der Waals surface area contributed by atoms with Crippen molar-refractivity contribution in [2.75, 3.05) is 6.61 Å². The number of pyridine rings is 1. The second kappa shape index (κ2) is 5.76. The molecular weight excluding hydrogens is 192 g/mol. The second-order valence-electron chi connectivity index (χ2n) is 2.98. The van der Waals surface area contributed by atoms with Gasteiger partial charge in [-0.1, -0.05) is 6.07 Å². The van der Waals surface area contributed by atoms with Crippen LogP contribution in [0.4, 0.5) is 0 Å². The van der Waals surface area contributed by atoms with Crippen LogP contribution in [0.15, 0.2) is 24.5 Å². The fraction of sp³-hybridized carbons (Fsp3) is 0.364. The van der Waals surface area contributed by atoms with Crippen LogP contribution < -0.4 is 0 Å². The van der Waals surface area contributed by atoms with Gasteiger partial charge in [0.1, 0.15) is 0 Å². The number of ether oxygens (including phenoxy) is 1. The Morgan fingerprint density at radius 3 is 3.07 bits per heavy atom. The van der Waals surface area contributed by atoms with E-state index in [4.69, 9.17) is 10.00 Å². The summed E-state index contributed by atoms with van der Waals surface area (Å²) in [7, 11) is 0. The average molecular weight is 204 g/mol. The predicted molar refractivity (Wildman–Crippen MR) is 53.8 cm³/mol. The smallest absolute Gasteiger partial charge is 0.307 e. The molecule has 1 heterocycles. The third-order valence-electron chi connectivity index (χ3n) is 1.92. The van der Waals surface area contributed by atoms with Gasteiger partial charge < -0.3 is 4.74 Å². The van der Waals surface area contributed by atoms with Gasteiger partial charge in [-0.2, -0.15) is 5.26 Å². The largest absolute Gasteiger partial charge is 0.466 e. The minimum Gasteiger partial charge on any atom is -0.466 e. The first-order valence-corrected chi connectivity index (χ1v) is 4.73. The lowest BCUT2D eigenvalue weighted by molar-refractivity contribution is -0.143. The van der Waals surface area contributed by atoms with E-state index in [1.165, 1.54) is 0 Å². The van der Waals surface area contributed by atoms with E-state index < -0.39 is 5.92 Å². The number of esters is 1. The summed E-state index contributed by atoms with van der Waals surface area (Å²) in [5, 5.41) is 8.91. The topological polar surface area (TPSA) is 63.0 Å². The zero-order valence-electron chi connectivity index (χ0n) is 8.51. The molecule has 0 saturated heterocycles. The Morgan fingerprint density at radius 1 is 1.73 bits per heavy atom. The molecule has 0 amide bonds. The third-order valence-corrected chi connectivity index (χ3v) is 1.92. The zero-order valence-corrected chi connectivity index (χ0v) is 8.51. The maximum atomic E-state index is 11.2. The second-order valence-corrected chi connectivity index (χ2v) is 2.98. The summed E-state index contributed by atoms with van der Waals surface area (Å²) in [6.45, 7) is 2.08. The van der Waals surface area contributed by atoms with Crippen LogP contribution in [0.1, 0.15) is 24.8 Å². The Balaban J connectivity index is 2.66. The van der Waals surface area contributed by atoms with E-state index in [2.05, 4.69) is 11.1 Å². The Hall–Kier alpha value is -1.89. The molecule has 1 aromatic rings. The lowest BCUT2D eigenvalue weighted by Crippen LogP contribution is -2.09. The lowest BCUT2D eigenvalue weighted by Gasteiger charge is -2.07. The minimum absolute atomic E-state index is 0.0794. The van der Waals surface area contributed by atoms with Crippen molar-refractivity contribution in [2.45, 2.75) is 19.3 Å². The summed E-state index contributed by atoms with van der Waals surface area (Å²) in [4.78, 5) is 15.1. The fourth-order valence-electron chi connectivity index (χ4n) is 1.21. The van der Waals surface area contributed by atoms with Crippen molar-refractivity contribution in [3.8, 4) is 6.07 Å². The summed E-state index contributed by atoms with van der Waals surface area (Å²) in [5.41, 5.74) is 0.744. The third kappa shape index (κ3) is 3.39. The van der Waals surface area contributed by atoms with Gasteiger partial charge in [0, 0.05) is 12.4 Å². The highest BCUT2D eigenvalue weighted by molar-refractivity contribution is 5.71. The van der Waals surface area contributed by atoms with Crippen LogP contribution in [0, 0.1) is 11.3 Å². The summed E-state index contributed by atoms with van der Waals surface area (Å²) in [6.07, 6.45) is 3.30. The van der Waals surface area contributed by atoms with Gasteiger partial charge >= 0.3 is 5.97 Å². The number of rotatable bonds is 4. The molecule has 78 valence electrons. The first-order chi connectivity index (χ1) is 7.27. The molecule has 0 aliphatic rings. The number of hydrogen-bond donors (Lipinski definition) is 0. The summed E-state index contributed by atoms with van der Waals surface area (Å²) >= 11 is 0. The number of carbonyl (C=O) groups is 1. The average Bonchev–Trinajstić information content (AvgIpc) is 2.27. The molecule has 0 fully saturated rings. The van der Waals surface area contributed by atoms with E-state index in [9.17, 15) is 4.79 Å². The molecule has 0 spiro atoms. The fourth-order valence-corrected chi connectivity index (χ4v) is 1.21. The molecular formula is C11H12N2O2. The van der Waals surface area contributed by atoms with Gasteiger partial charge in [-0.05, 0) is 18.6 Å². The van der Waals surface area contributed by atoms with Gasteiger partial charge in [0.25, 0.3) is 0 Å². The SMILES string of the molecule is CCOC(=O)CC(C#N)c1cccnc1. The maximum absolute atomic E-state index is 11.2. The number of nitrogens with zero attached hydrogens (tertiary/aromatic N) is 2. The van der Waals surface area contributed by atoms with E-state index >= 15 is 0 Å². The molecule has 1 aromatic heterocycles. The van der Waals surface area contributed by atoms with Crippen molar-refractivity contribution < 1.29 is 9.53 Å². The molecule has 0 aliphatic heterocycles. The van der Waals surface area contributed by atoms with Gasteiger partial charge in [-0.15, -0.1) is 0 Å². The first-order valence-electron chi connectivity index (χ1n) is 4.73. The Bertz CT molecular complexity index is 357. The van der Waals surface area contributed by atoms with E-state index in [1.54, 1.807) is 31.5 Å². The first kappa shape index (κ1) is 11.2. The lowest BCUT2D eigenvalue weighted by atomic mass is 9.99. The number of hydrogen-bond acceptors (Lipinski definition) is 4. The molecule has 1 rings (SSSR count). The van der Waals surface area contributed by atoms with Gasteiger partial charge in [0.2, 0.25) is 0 Å². The van der Waals surface area contributed by atoms with E-state index in [0.717, 1.165) is 5.56 Å². The van der Waals surface area contributed by atoms with E-state index in [0.29, 0.717) is 6.61 Å². The van der Waals surface area contributed by atoms with Crippen LogP contribution in [-0.4, -0.2) is 17.6 Å². The molecule has 4 nitrogen and oxygen atoms in total. The number of nitriles is 1. The van der Waals surface area contributed by atoms with Crippen LogP contribution >= 0.6 is 0 Å². The van der Waals surface area contributed by atoms with Crippen LogP contribution in [0.3, 0.4) is 0 Å². The highest BCUT2D eigenvalue weighted by Gasteiger charge is 2.15. The molecule has 0 bridgehead atoms. The minimum atomic E-state index is -0.474. The molecule has 15 heavy (non-hydrogen) atoms. The summed E-state index contributed by atoms with van der Waals surface area (Å²) < 4.78 is 4.79. The van der Waals surface area contributed by atoms with Crippen molar-refractivity contribution in [1.29, 1.82) is 5.26 Å². The zero-order chi connectivity index (χ0) is 11.1. The van der Waals surface area contributed by atoms with Crippen LogP contribution in [0.25, 0.3) is 0 Å². The Kier molecular flexibility index (Phi) is 4.30. The highest BCUT2D eigenvalue weighted by Crippen LogP contribution is 2.17. The van der Waals surface area contributed by atoms with Gasteiger partial charge in [-0.25, -0.2) is 0 Å². The molecule has 0 N–H and O–H groups in total. The molecule has 0 aliphatic carbocycles. The van der Waals surface area contributed by atoms with Crippen molar-refractivity contribution >= 4 is 5.97 Å². The molecule has 0 aromatic carbocycles. The summed E-state index contributed by atoms with van der Waals surface area (Å²) in [6, 6.07) is 5.59. The van der Waals surface area contributed by atoms with Crippen LogP contribution in [0.5, 0.6) is 0 Å². The van der Waals surface area contributed by atoms with Gasteiger partial charge in [0.05, 0.1) is 25.0 Å². The van der Waals surface area contributed by atoms with Crippen molar-refractivity contribution in [2.24, 2.45) is 0 Å². The monoisotopic (exact) mass is 204 g/mol. The standard InChI is InChI=1S/C11H12N2O2/c1-2-15-11(14)6-10(7-12)9-4-3-5-13-8-9/h3-5,8,10H,2,6H2,1H3. The number of carbonyl (C=O) groups excluding carboxylic acids is 1. The molecule has 4 heteroatoms. The maximum Gasteiger partial charge on any atom is 0.307 e. The van der Waals surface area contributed by atoms with Crippen LogP contribution in [-0.2, 0) is 9.53 Å². The Morgan fingerprint density at radius 2 is 2.53 bits per heavy atom. The van der Waals surface area contributed by atoms with E-state index in [1.807, 2.05) is 0 Å². The normalized spacial score (nSPS) is 11.5. The molecule has 0 radical (unpaired) electrons. The van der Waals surface area contributed by atoms with Crippen LogP contribution in [0.2, 0.25) is 0 Å².